The van der Waals surface area contributed by atoms with E-state index >= 15 is 0 Å². The predicted octanol–water partition coefficient (Wildman–Crippen LogP) is 8.11. The highest BCUT2D eigenvalue weighted by molar-refractivity contribution is 5.71. The maximum absolute atomic E-state index is 13.3. The van der Waals surface area contributed by atoms with Gasteiger partial charge in [-0.3, -0.25) is 0 Å². The van der Waals surface area contributed by atoms with Gasteiger partial charge in [0.15, 0.2) is 0 Å². The molecule has 6 nitrogen and oxygen atoms in total. The van der Waals surface area contributed by atoms with Gasteiger partial charge in [0.1, 0.15) is 11.9 Å². The minimum Gasteiger partial charge on any atom is -0.446 e. The summed E-state index contributed by atoms with van der Waals surface area (Å²) >= 11 is 0. The molecule has 3 aromatic carbocycles. The van der Waals surface area contributed by atoms with Gasteiger partial charge in [-0.2, -0.15) is 0 Å². The lowest BCUT2D eigenvalue weighted by Crippen LogP contribution is -2.47. The van der Waals surface area contributed by atoms with Gasteiger partial charge in [0.25, 0.3) is 0 Å². The maximum atomic E-state index is 13.3. The molecule has 2 unspecified atom stereocenters. The largest absolute Gasteiger partial charge is 0.446 e. The average Bonchev–Trinajstić information content (AvgIpc) is 2.91. The molecule has 1 aliphatic carbocycles. The van der Waals surface area contributed by atoms with Crippen molar-refractivity contribution in [1.82, 2.24) is 5.32 Å². The fourth-order valence-electron chi connectivity index (χ4n) is 6.87. The van der Waals surface area contributed by atoms with Crippen molar-refractivity contribution in [2.75, 3.05) is 6.54 Å². The number of rotatable bonds is 8. The molecule has 2 amide bonds. The van der Waals surface area contributed by atoms with Gasteiger partial charge in [-0.1, -0.05) is 121 Å². The molecular formula is C36H46N2O4. The quantitative estimate of drug-likeness (QED) is 0.286. The SMILES string of the molecule is CC1(C)CC(OC(N)=O)CC(C)(CNC(=O)Oc2ccc(C(C)(C)c3ccccc3)cc2C(C)(C)c2ccccc2)C1. The average molecular weight is 571 g/mol. The highest BCUT2D eigenvalue weighted by Crippen LogP contribution is 2.47. The van der Waals surface area contributed by atoms with Crippen molar-refractivity contribution < 1.29 is 19.1 Å². The molecule has 42 heavy (non-hydrogen) atoms. The van der Waals surface area contributed by atoms with Gasteiger partial charge >= 0.3 is 12.2 Å². The molecule has 1 fully saturated rings. The summed E-state index contributed by atoms with van der Waals surface area (Å²) in [5, 5.41) is 3.01. The van der Waals surface area contributed by atoms with E-state index in [0.29, 0.717) is 18.7 Å². The fraction of sp³-hybridized carbons (Fsp3) is 0.444. The normalized spacial score (nSPS) is 20.4. The van der Waals surface area contributed by atoms with Gasteiger partial charge in [0.05, 0.1) is 0 Å². The van der Waals surface area contributed by atoms with Crippen molar-refractivity contribution in [1.29, 1.82) is 0 Å². The standard InChI is InChI=1S/C36H46N2O4/c1-33(2)21-28(41-31(37)39)22-36(7,23-33)24-38-32(40)42-30-19-18-27(34(3,4)25-14-10-8-11-15-25)20-29(30)35(5,6)26-16-12-9-13-17-26/h8-20,28H,21-24H2,1-7H3,(H2,37,39)(H,38,40). The van der Waals surface area contributed by atoms with Crippen molar-refractivity contribution in [3.05, 3.63) is 101 Å². The van der Waals surface area contributed by atoms with E-state index in [1.54, 1.807) is 0 Å². The van der Waals surface area contributed by atoms with E-state index in [1.807, 2.05) is 30.3 Å². The van der Waals surface area contributed by atoms with Crippen LogP contribution in [0, 0.1) is 10.8 Å². The van der Waals surface area contributed by atoms with Gasteiger partial charge in [0.2, 0.25) is 0 Å². The molecule has 3 N–H and O–H groups in total. The van der Waals surface area contributed by atoms with Crippen LogP contribution < -0.4 is 15.8 Å². The second-order valence-corrected chi connectivity index (χ2v) is 14.1. The zero-order valence-electron chi connectivity index (χ0n) is 26.1. The molecule has 0 aliphatic heterocycles. The van der Waals surface area contributed by atoms with Crippen molar-refractivity contribution in [3.63, 3.8) is 0 Å². The van der Waals surface area contributed by atoms with Crippen molar-refractivity contribution in [2.45, 2.75) is 84.7 Å². The summed E-state index contributed by atoms with van der Waals surface area (Å²) in [5.74, 6) is 0.526. The third-order valence-electron chi connectivity index (χ3n) is 8.92. The maximum Gasteiger partial charge on any atom is 0.412 e. The Kier molecular flexibility index (Phi) is 8.77. The second-order valence-electron chi connectivity index (χ2n) is 14.1. The van der Waals surface area contributed by atoms with Crippen LogP contribution in [0.15, 0.2) is 78.9 Å². The molecule has 4 rings (SSSR count). The van der Waals surface area contributed by atoms with Crippen LogP contribution in [0.25, 0.3) is 0 Å². The van der Waals surface area contributed by atoms with Gasteiger partial charge in [-0.05, 0) is 52.8 Å². The summed E-state index contributed by atoms with van der Waals surface area (Å²) < 4.78 is 11.4. The molecule has 0 radical (unpaired) electrons. The Morgan fingerprint density at radius 3 is 1.98 bits per heavy atom. The number of carbonyl (C=O) groups excluding carboxylic acids is 2. The van der Waals surface area contributed by atoms with E-state index in [2.05, 4.69) is 102 Å². The monoisotopic (exact) mass is 570 g/mol. The number of nitrogens with two attached hydrogens (primary N) is 1. The molecule has 0 heterocycles. The number of carbonyl (C=O) groups is 2. The van der Waals surface area contributed by atoms with Gasteiger partial charge in [0, 0.05) is 22.9 Å². The number of primary amides is 1. The van der Waals surface area contributed by atoms with E-state index < -0.39 is 17.6 Å². The van der Waals surface area contributed by atoms with E-state index in [9.17, 15) is 9.59 Å². The summed E-state index contributed by atoms with van der Waals surface area (Å²) in [7, 11) is 0. The lowest BCUT2D eigenvalue weighted by molar-refractivity contribution is -0.0163. The van der Waals surface area contributed by atoms with Gasteiger partial charge in [-0.25, -0.2) is 9.59 Å². The number of nitrogens with one attached hydrogen (secondary N) is 1. The molecule has 6 heteroatoms. The molecule has 0 aromatic heterocycles. The van der Waals surface area contributed by atoms with E-state index in [1.165, 1.54) is 5.56 Å². The van der Waals surface area contributed by atoms with Crippen molar-refractivity contribution in [3.8, 4) is 5.75 Å². The summed E-state index contributed by atoms with van der Waals surface area (Å²) in [6.07, 6.45) is 0.670. The van der Waals surface area contributed by atoms with Crippen LogP contribution in [0.5, 0.6) is 5.75 Å². The predicted molar refractivity (Wildman–Crippen MR) is 168 cm³/mol. The van der Waals surface area contributed by atoms with Crippen molar-refractivity contribution in [2.24, 2.45) is 16.6 Å². The Hall–Kier alpha value is -3.80. The Morgan fingerprint density at radius 2 is 1.40 bits per heavy atom. The number of benzene rings is 3. The first-order chi connectivity index (χ1) is 19.6. The second kappa shape index (κ2) is 11.8. The molecule has 1 aliphatic rings. The fourth-order valence-corrected chi connectivity index (χ4v) is 6.87. The Labute approximate surface area is 251 Å². The first-order valence-corrected chi connectivity index (χ1v) is 14.8. The van der Waals surface area contributed by atoms with E-state index in [-0.39, 0.29) is 22.3 Å². The van der Waals surface area contributed by atoms with E-state index in [0.717, 1.165) is 29.5 Å². The number of hydrogen-bond acceptors (Lipinski definition) is 4. The first-order valence-electron chi connectivity index (χ1n) is 14.8. The Balaban J connectivity index is 1.61. The zero-order chi connectivity index (χ0) is 30.8. The third kappa shape index (κ3) is 7.15. The van der Waals surface area contributed by atoms with Crippen LogP contribution in [0.4, 0.5) is 9.59 Å². The van der Waals surface area contributed by atoms with Crippen LogP contribution in [0.2, 0.25) is 0 Å². The highest BCUT2D eigenvalue weighted by atomic mass is 16.6. The Morgan fingerprint density at radius 1 is 0.833 bits per heavy atom. The topological polar surface area (TPSA) is 90.6 Å². The summed E-state index contributed by atoms with van der Waals surface area (Å²) in [4.78, 5) is 24.7. The molecule has 0 bridgehead atoms. The number of hydrogen-bond donors (Lipinski definition) is 2. The summed E-state index contributed by atoms with van der Waals surface area (Å²) in [5.41, 5.74) is 8.70. The Bertz CT molecular complexity index is 1400. The van der Waals surface area contributed by atoms with Gasteiger partial charge in [-0.15, -0.1) is 0 Å². The van der Waals surface area contributed by atoms with Crippen LogP contribution in [0.3, 0.4) is 0 Å². The molecule has 224 valence electrons. The summed E-state index contributed by atoms with van der Waals surface area (Å²) in [6, 6.07) is 26.9. The molecule has 0 saturated heterocycles. The minimum atomic E-state index is -0.764. The van der Waals surface area contributed by atoms with Crippen LogP contribution in [-0.2, 0) is 15.6 Å². The third-order valence-corrected chi connectivity index (χ3v) is 8.92. The molecule has 0 spiro atoms. The van der Waals surface area contributed by atoms with Crippen LogP contribution >= 0.6 is 0 Å². The van der Waals surface area contributed by atoms with Crippen LogP contribution in [0.1, 0.15) is 90.0 Å². The van der Waals surface area contributed by atoms with Crippen LogP contribution in [-0.4, -0.2) is 24.8 Å². The first kappa shape index (κ1) is 31.1. The van der Waals surface area contributed by atoms with Crippen molar-refractivity contribution >= 4 is 12.2 Å². The van der Waals surface area contributed by atoms with E-state index in [4.69, 9.17) is 15.2 Å². The number of amides is 2. The lowest BCUT2D eigenvalue weighted by Gasteiger charge is -2.46. The summed E-state index contributed by atoms with van der Waals surface area (Å²) in [6.45, 7) is 15.5. The molecular weight excluding hydrogens is 524 g/mol. The molecule has 3 aromatic rings. The van der Waals surface area contributed by atoms with Gasteiger partial charge < -0.3 is 20.5 Å². The zero-order valence-corrected chi connectivity index (χ0v) is 26.1. The molecule has 2 atom stereocenters. The smallest absolute Gasteiger partial charge is 0.412 e. The minimum absolute atomic E-state index is 0.0625. The highest BCUT2D eigenvalue weighted by Gasteiger charge is 2.43. The lowest BCUT2D eigenvalue weighted by atomic mass is 9.63. The molecule has 1 saturated carbocycles. The number of ether oxygens (including phenoxy) is 2.